The number of hydrogen-bond donors (Lipinski definition) is 1. The fourth-order valence-corrected chi connectivity index (χ4v) is 8.37. The van der Waals surface area contributed by atoms with Gasteiger partial charge < -0.3 is 5.11 Å². The first-order chi connectivity index (χ1) is 31.3. The quantitative estimate of drug-likeness (QED) is 0.158. The van der Waals surface area contributed by atoms with Gasteiger partial charge in [0.25, 0.3) is 0 Å². The van der Waals surface area contributed by atoms with Crippen LogP contribution in [0.1, 0.15) is 126 Å². The van der Waals surface area contributed by atoms with Gasteiger partial charge in [-0.15, -0.1) is 0 Å². The normalized spacial score (nSPS) is 13.8. The molecule has 8 aromatic rings. The molecule has 1 N–H and O–H groups in total. The number of hydrogen-bond acceptors (Lipinski definition) is 3. The van der Waals surface area contributed by atoms with E-state index in [1.54, 1.807) is 6.07 Å². The van der Waals surface area contributed by atoms with E-state index in [2.05, 4.69) is 89.2 Å². The van der Waals surface area contributed by atoms with Gasteiger partial charge in [-0.1, -0.05) is 135 Å². The number of fused-ring (bicyclic) bond motifs is 1. The van der Waals surface area contributed by atoms with Crippen LogP contribution in [0.2, 0.25) is 0 Å². The molecule has 0 atom stereocenters. The molecular weight excluding hydrogens is 755 g/mol. The van der Waals surface area contributed by atoms with E-state index in [1.807, 2.05) is 113 Å². The van der Waals surface area contributed by atoms with Crippen molar-refractivity contribution in [1.82, 2.24) is 14.5 Å². The molecule has 0 aliphatic carbocycles. The summed E-state index contributed by atoms with van der Waals surface area (Å²) in [7, 11) is 0. The van der Waals surface area contributed by atoms with Crippen LogP contribution < -0.4 is 0 Å². The van der Waals surface area contributed by atoms with Crippen LogP contribution in [0.5, 0.6) is 5.75 Å². The summed E-state index contributed by atoms with van der Waals surface area (Å²) in [5, 5.41) is 11.8. The summed E-state index contributed by atoms with van der Waals surface area (Å²) >= 11 is 0. The molecule has 8 rings (SSSR count). The number of phenolic OH excluding ortho intramolecular Hbond substituents is 1. The van der Waals surface area contributed by atoms with Crippen LogP contribution in [0.25, 0.3) is 72.7 Å². The second kappa shape index (κ2) is 16.5. The zero-order valence-corrected chi connectivity index (χ0v) is 38.0. The summed E-state index contributed by atoms with van der Waals surface area (Å²) in [6.07, 6.45) is 1.84. The smallest absolute Gasteiger partial charge is 0.149 e. The Morgan fingerprint density at radius 1 is 0.613 bits per heavy atom. The van der Waals surface area contributed by atoms with Crippen LogP contribution in [0.4, 0.5) is 0 Å². The van der Waals surface area contributed by atoms with Gasteiger partial charge in [-0.2, -0.15) is 0 Å². The second-order valence-corrected chi connectivity index (χ2v) is 18.7. The minimum atomic E-state index is -2.54. The molecular formula is C58H61N3O. The molecule has 2 heterocycles. The minimum Gasteiger partial charge on any atom is -0.507 e. The van der Waals surface area contributed by atoms with Crippen molar-refractivity contribution >= 4 is 11.0 Å². The Labute approximate surface area is 376 Å². The van der Waals surface area contributed by atoms with Crippen LogP contribution in [0.3, 0.4) is 0 Å². The zero-order valence-electron chi connectivity index (χ0n) is 43.0. The first-order valence-corrected chi connectivity index (χ1v) is 21.6. The molecule has 0 fully saturated rings. The lowest BCUT2D eigenvalue weighted by atomic mass is 9.83. The maximum atomic E-state index is 11.8. The summed E-state index contributed by atoms with van der Waals surface area (Å²) < 4.78 is 46.3. The number of imidazole rings is 1. The van der Waals surface area contributed by atoms with Crippen LogP contribution in [0.15, 0.2) is 128 Å². The van der Waals surface area contributed by atoms with Crippen molar-refractivity contribution in [2.24, 2.45) is 0 Å². The molecule has 0 radical (unpaired) electrons. The number of aromatic nitrogens is 3. The van der Waals surface area contributed by atoms with E-state index in [4.69, 9.17) is 16.8 Å². The van der Waals surface area contributed by atoms with Gasteiger partial charge in [0.15, 0.2) is 0 Å². The topological polar surface area (TPSA) is 50.9 Å². The van der Waals surface area contributed by atoms with Gasteiger partial charge in [0.05, 0.1) is 28.0 Å². The maximum absolute atomic E-state index is 11.8. The van der Waals surface area contributed by atoms with E-state index >= 15 is 0 Å². The van der Waals surface area contributed by atoms with Crippen molar-refractivity contribution in [3.05, 3.63) is 166 Å². The number of aromatic hydroxyl groups is 1. The van der Waals surface area contributed by atoms with E-state index in [-0.39, 0.29) is 22.6 Å². The second-order valence-electron chi connectivity index (χ2n) is 18.7. The van der Waals surface area contributed by atoms with Crippen molar-refractivity contribution < 1.29 is 12.0 Å². The minimum absolute atomic E-state index is 0.0767. The van der Waals surface area contributed by atoms with E-state index in [1.165, 1.54) is 0 Å². The lowest BCUT2D eigenvalue weighted by molar-refractivity contribution is 0.472. The average Bonchev–Trinajstić information content (AvgIpc) is 3.65. The van der Waals surface area contributed by atoms with Crippen molar-refractivity contribution in [1.29, 1.82) is 0 Å². The molecule has 6 aromatic carbocycles. The summed E-state index contributed by atoms with van der Waals surface area (Å²) in [5.41, 5.74) is 15.0. The Kier molecular flexibility index (Phi) is 9.72. The maximum Gasteiger partial charge on any atom is 0.149 e. The van der Waals surface area contributed by atoms with Crippen LogP contribution in [-0.4, -0.2) is 19.6 Å². The van der Waals surface area contributed by atoms with Crippen molar-refractivity contribution in [2.45, 2.75) is 106 Å². The number of nitrogens with zero attached hydrogens (tertiary/aromatic N) is 3. The highest BCUT2D eigenvalue weighted by atomic mass is 16.3. The lowest BCUT2D eigenvalue weighted by Gasteiger charge is -2.22. The molecule has 0 saturated carbocycles. The summed E-state index contributed by atoms with van der Waals surface area (Å²) in [4.78, 5) is 10.3. The van der Waals surface area contributed by atoms with E-state index in [0.29, 0.717) is 33.7 Å². The van der Waals surface area contributed by atoms with Gasteiger partial charge in [-0.25, -0.2) is 4.98 Å². The number of rotatable bonds is 9. The van der Waals surface area contributed by atoms with Crippen LogP contribution in [0, 0.1) is 20.7 Å². The Balaban J connectivity index is 1.37. The average molecular weight is 821 g/mol. The number of aryl methyl sites for hydroxylation is 3. The van der Waals surface area contributed by atoms with Gasteiger partial charge >= 0.3 is 0 Å². The van der Waals surface area contributed by atoms with Gasteiger partial charge in [0, 0.05) is 24.2 Å². The number of benzene rings is 6. The molecule has 4 nitrogen and oxygen atoms in total. The Hall–Kier alpha value is -6.26. The van der Waals surface area contributed by atoms with Crippen molar-refractivity contribution in [3.8, 4) is 67.5 Å². The standard InChI is InChI=1S/C58H61N3O/c1-34(2)40-16-18-41(19-17-40)43-22-23-59-52(33-43)48-30-47(31-49(32-48)58(10,11)12)50-14-13-15-54-55(50)60-57(51-25-37(7)24-39(9)56(51)62)61(54)53-21-20-42(26-38(53)8)46-28-44(35(3)4)27-45(29-46)36(5)6/h13-36,62H,1-12H3/i8D3,34D,35D. The Morgan fingerprint density at radius 3 is 2.00 bits per heavy atom. The van der Waals surface area contributed by atoms with Gasteiger partial charge in [0.2, 0.25) is 0 Å². The van der Waals surface area contributed by atoms with E-state index in [9.17, 15) is 5.11 Å². The Bertz CT molecular complexity index is 3180. The number of phenols is 1. The molecule has 0 aliphatic heterocycles. The first-order valence-electron chi connectivity index (χ1n) is 24.1. The lowest BCUT2D eigenvalue weighted by Crippen LogP contribution is -2.11. The van der Waals surface area contributed by atoms with Crippen LogP contribution >= 0.6 is 0 Å². The molecule has 0 aliphatic rings. The highest BCUT2D eigenvalue weighted by molar-refractivity contribution is 5.97. The molecule has 0 unspecified atom stereocenters. The molecule has 314 valence electrons. The van der Waals surface area contributed by atoms with E-state index in [0.717, 1.165) is 72.5 Å². The van der Waals surface area contributed by atoms with E-state index < -0.39 is 18.6 Å². The third kappa shape index (κ3) is 8.23. The molecule has 0 bridgehead atoms. The summed E-state index contributed by atoms with van der Waals surface area (Å²) in [5.74, 6) is -0.850. The number of pyridine rings is 1. The van der Waals surface area contributed by atoms with Gasteiger partial charge in [-0.3, -0.25) is 9.55 Å². The van der Waals surface area contributed by atoms with Crippen molar-refractivity contribution in [2.75, 3.05) is 0 Å². The van der Waals surface area contributed by atoms with Crippen LogP contribution in [-0.2, 0) is 5.41 Å². The fraction of sp³-hybridized carbons (Fsp3) is 0.276. The molecule has 4 heteroatoms. The third-order valence-corrected chi connectivity index (χ3v) is 12.1. The highest BCUT2D eigenvalue weighted by Gasteiger charge is 2.24. The molecule has 2 aromatic heterocycles. The third-order valence-electron chi connectivity index (χ3n) is 12.1. The highest BCUT2D eigenvalue weighted by Crippen LogP contribution is 2.42. The largest absolute Gasteiger partial charge is 0.507 e. The Morgan fingerprint density at radius 2 is 1.31 bits per heavy atom. The number of para-hydroxylation sites is 1. The predicted molar refractivity (Wildman–Crippen MR) is 263 cm³/mol. The fourth-order valence-electron chi connectivity index (χ4n) is 8.37. The summed E-state index contributed by atoms with van der Waals surface area (Å²) in [6, 6.07) is 40.4. The zero-order chi connectivity index (χ0) is 48.5. The SMILES string of the molecule is [2H]C([2H])([2H])c1cc(-c2cc(C(C)C)cc(C([2H])(C)C)c2)ccc1-n1c(-c2cc(C)cc(C)c2O)nc2c(-c3cc(-c4cc(-c5ccc(C([2H])(C)C)cc5)ccn4)cc(C(C)(C)C)c3)cccc21. The van der Waals surface area contributed by atoms with Gasteiger partial charge in [-0.05, 0) is 159 Å². The molecule has 0 spiro atoms. The van der Waals surface area contributed by atoms with Gasteiger partial charge in [0.1, 0.15) is 11.6 Å². The molecule has 0 saturated heterocycles. The predicted octanol–water partition coefficient (Wildman–Crippen LogP) is 16.1. The summed E-state index contributed by atoms with van der Waals surface area (Å²) in [6.45, 7) is 19.6. The molecule has 62 heavy (non-hydrogen) atoms. The monoisotopic (exact) mass is 821 g/mol. The first kappa shape index (κ1) is 36.4. The molecule has 0 amide bonds. The van der Waals surface area contributed by atoms with Crippen molar-refractivity contribution in [3.63, 3.8) is 0 Å².